The first-order chi connectivity index (χ1) is 10.0. The van der Waals surface area contributed by atoms with Gasteiger partial charge in [-0.15, -0.1) is 0 Å². The van der Waals surface area contributed by atoms with Crippen LogP contribution in [0.3, 0.4) is 0 Å². The number of nitrogens with zero attached hydrogens (tertiary/aromatic N) is 1. The van der Waals surface area contributed by atoms with Gasteiger partial charge in [0.25, 0.3) is 0 Å². The van der Waals surface area contributed by atoms with Gasteiger partial charge in [-0.05, 0) is 19.8 Å². The molecule has 8 heteroatoms. The van der Waals surface area contributed by atoms with Crippen LogP contribution in [0.5, 0.6) is 0 Å². The van der Waals surface area contributed by atoms with E-state index in [0.717, 1.165) is 0 Å². The van der Waals surface area contributed by atoms with Gasteiger partial charge >= 0.3 is 12.0 Å². The largest absolute Gasteiger partial charge is 0.481 e. The highest BCUT2D eigenvalue weighted by molar-refractivity contribution is 5.83. The highest BCUT2D eigenvalue weighted by atomic mass is 16.5. The predicted molar refractivity (Wildman–Crippen MR) is 74.9 cm³/mol. The molecule has 21 heavy (non-hydrogen) atoms. The molecule has 1 rings (SSSR count). The van der Waals surface area contributed by atoms with E-state index in [4.69, 9.17) is 9.84 Å². The first kappa shape index (κ1) is 17.2. The molecule has 1 saturated heterocycles. The minimum atomic E-state index is -0.878. The third-order valence-corrected chi connectivity index (χ3v) is 3.17. The zero-order valence-electron chi connectivity index (χ0n) is 12.3. The molecule has 0 spiro atoms. The highest BCUT2D eigenvalue weighted by Gasteiger charge is 2.23. The second-order valence-electron chi connectivity index (χ2n) is 4.81. The number of likely N-dealkylation sites (N-methyl/N-ethyl adjacent to an activating group) is 1. The van der Waals surface area contributed by atoms with Gasteiger partial charge in [-0.1, -0.05) is 0 Å². The maximum atomic E-state index is 11.8. The molecule has 0 saturated carbocycles. The predicted octanol–water partition coefficient (Wildman–Crippen LogP) is -0.212. The molecule has 3 N–H and O–H groups in total. The van der Waals surface area contributed by atoms with Crippen LogP contribution in [0.1, 0.15) is 26.2 Å². The summed E-state index contributed by atoms with van der Waals surface area (Å²) in [4.78, 5) is 35.1. The van der Waals surface area contributed by atoms with Crippen LogP contribution >= 0.6 is 0 Å². The summed E-state index contributed by atoms with van der Waals surface area (Å²) in [5, 5.41) is 13.7. The van der Waals surface area contributed by atoms with Crippen molar-refractivity contribution in [3.05, 3.63) is 0 Å². The van der Waals surface area contributed by atoms with Gasteiger partial charge in [0.1, 0.15) is 0 Å². The fourth-order valence-corrected chi connectivity index (χ4v) is 2.07. The zero-order valence-corrected chi connectivity index (χ0v) is 12.3. The molecular formula is C13H23N3O5. The second kappa shape index (κ2) is 9.17. The quantitative estimate of drug-likeness (QED) is 0.603. The highest BCUT2D eigenvalue weighted by Crippen LogP contribution is 2.13. The average molecular weight is 301 g/mol. The van der Waals surface area contributed by atoms with E-state index in [0.29, 0.717) is 32.5 Å². The summed E-state index contributed by atoms with van der Waals surface area (Å²) in [5.74, 6) is -1.09. The van der Waals surface area contributed by atoms with E-state index in [1.165, 1.54) is 0 Å². The molecule has 1 aliphatic heterocycles. The first-order valence-corrected chi connectivity index (χ1v) is 7.15. The number of piperidine rings is 1. The van der Waals surface area contributed by atoms with Crippen LogP contribution in [-0.2, 0) is 14.3 Å². The fourth-order valence-electron chi connectivity index (χ4n) is 2.07. The molecule has 0 radical (unpaired) electrons. The van der Waals surface area contributed by atoms with Gasteiger partial charge in [0.05, 0.1) is 25.7 Å². The Morgan fingerprint density at radius 2 is 1.90 bits per heavy atom. The Hall–Kier alpha value is -1.83. The van der Waals surface area contributed by atoms with Gasteiger partial charge in [-0.25, -0.2) is 4.79 Å². The van der Waals surface area contributed by atoms with Crippen molar-refractivity contribution < 1.29 is 24.2 Å². The van der Waals surface area contributed by atoms with Crippen molar-refractivity contribution in [2.75, 3.05) is 32.8 Å². The number of hydrogen-bond acceptors (Lipinski definition) is 4. The SMILES string of the molecule is CCNC(=O)CNC(=O)N1CCC(OCCC(=O)O)CC1. The van der Waals surface area contributed by atoms with E-state index >= 15 is 0 Å². The minimum Gasteiger partial charge on any atom is -0.481 e. The number of carbonyl (C=O) groups excluding carboxylic acids is 2. The number of aliphatic carboxylic acids is 1. The topological polar surface area (TPSA) is 108 Å². The van der Waals surface area contributed by atoms with E-state index in [-0.39, 0.29) is 37.6 Å². The first-order valence-electron chi connectivity index (χ1n) is 7.15. The van der Waals surface area contributed by atoms with Crippen molar-refractivity contribution in [1.29, 1.82) is 0 Å². The summed E-state index contributed by atoms with van der Waals surface area (Å²) in [6.45, 7) is 3.60. The Kier molecular flexibility index (Phi) is 7.52. The van der Waals surface area contributed by atoms with Gasteiger partial charge in [0.2, 0.25) is 5.91 Å². The Balaban J connectivity index is 2.18. The standard InChI is InChI=1S/C13H23N3O5/c1-2-14-11(17)9-15-13(20)16-6-3-10(4-7-16)21-8-5-12(18)19/h10H,2-9H2,1H3,(H,14,17)(H,15,20)(H,18,19). The van der Waals surface area contributed by atoms with Gasteiger partial charge in [0.15, 0.2) is 0 Å². The van der Waals surface area contributed by atoms with Gasteiger partial charge in [-0.2, -0.15) is 0 Å². The molecule has 1 fully saturated rings. The molecule has 0 aromatic carbocycles. The molecular weight excluding hydrogens is 278 g/mol. The van der Waals surface area contributed by atoms with Gasteiger partial charge in [-0.3, -0.25) is 9.59 Å². The maximum absolute atomic E-state index is 11.8. The molecule has 120 valence electrons. The van der Waals surface area contributed by atoms with Crippen molar-refractivity contribution in [3.63, 3.8) is 0 Å². The van der Waals surface area contributed by atoms with Crippen LogP contribution < -0.4 is 10.6 Å². The van der Waals surface area contributed by atoms with Crippen LogP contribution in [0.4, 0.5) is 4.79 Å². The smallest absolute Gasteiger partial charge is 0.317 e. The molecule has 0 aromatic heterocycles. The Bertz CT molecular complexity index is 367. The van der Waals surface area contributed by atoms with E-state index < -0.39 is 5.97 Å². The number of nitrogens with one attached hydrogen (secondary N) is 2. The number of hydrogen-bond donors (Lipinski definition) is 3. The Labute approximate surface area is 123 Å². The van der Waals surface area contributed by atoms with Crippen LogP contribution in [0, 0.1) is 0 Å². The van der Waals surface area contributed by atoms with Crippen LogP contribution in [0.15, 0.2) is 0 Å². The number of urea groups is 1. The Morgan fingerprint density at radius 3 is 2.48 bits per heavy atom. The third kappa shape index (κ3) is 6.94. The van der Waals surface area contributed by atoms with Crippen molar-refractivity contribution in [1.82, 2.24) is 15.5 Å². The molecule has 0 unspecified atom stereocenters. The number of carboxylic acid groups (broad SMARTS) is 1. The number of ether oxygens (including phenoxy) is 1. The van der Waals surface area contributed by atoms with Gasteiger partial charge in [0, 0.05) is 19.6 Å². The maximum Gasteiger partial charge on any atom is 0.317 e. The lowest BCUT2D eigenvalue weighted by molar-refractivity contribution is -0.138. The molecule has 0 bridgehead atoms. The molecule has 3 amide bonds. The van der Waals surface area contributed by atoms with Crippen molar-refractivity contribution in [2.45, 2.75) is 32.3 Å². The zero-order chi connectivity index (χ0) is 15.7. The van der Waals surface area contributed by atoms with E-state index in [9.17, 15) is 14.4 Å². The lowest BCUT2D eigenvalue weighted by Gasteiger charge is -2.31. The van der Waals surface area contributed by atoms with Crippen molar-refractivity contribution >= 4 is 17.9 Å². The molecule has 0 atom stereocenters. The summed E-state index contributed by atoms with van der Waals surface area (Å²) in [7, 11) is 0. The number of likely N-dealkylation sites (tertiary alicyclic amines) is 1. The van der Waals surface area contributed by atoms with E-state index in [1.807, 2.05) is 6.92 Å². The summed E-state index contributed by atoms with van der Waals surface area (Å²) in [6.07, 6.45) is 1.34. The third-order valence-electron chi connectivity index (χ3n) is 3.17. The summed E-state index contributed by atoms with van der Waals surface area (Å²) >= 11 is 0. The molecule has 0 aromatic rings. The molecule has 1 heterocycles. The van der Waals surface area contributed by atoms with Crippen molar-refractivity contribution in [2.24, 2.45) is 0 Å². The van der Waals surface area contributed by atoms with Crippen LogP contribution in [-0.4, -0.2) is 66.8 Å². The average Bonchev–Trinajstić information content (AvgIpc) is 2.45. The molecule has 1 aliphatic rings. The van der Waals surface area contributed by atoms with Crippen LogP contribution in [0.25, 0.3) is 0 Å². The van der Waals surface area contributed by atoms with Crippen molar-refractivity contribution in [3.8, 4) is 0 Å². The fraction of sp³-hybridized carbons (Fsp3) is 0.769. The normalized spacial score (nSPS) is 15.6. The lowest BCUT2D eigenvalue weighted by atomic mass is 10.1. The summed E-state index contributed by atoms with van der Waals surface area (Å²) in [6, 6.07) is -0.259. The second-order valence-corrected chi connectivity index (χ2v) is 4.81. The number of amides is 3. The Morgan fingerprint density at radius 1 is 1.24 bits per heavy atom. The summed E-state index contributed by atoms with van der Waals surface area (Å²) in [5.41, 5.74) is 0. The van der Waals surface area contributed by atoms with E-state index in [2.05, 4.69) is 10.6 Å². The summed E-state index contributed by atoms with van der Waals surface area (Å²) < 4.78 is 5.45. The van der Waals surface area contributed by atoms with E-state index in [1.54, 1.807) is 4.90 Å². The molecule has 0 aliphatic carbocycles. The lowest BCUT2D eigenvalue weighted by Crippen LogP contribution is -2.48. The number of rotatable bonds is 7. The molecule has 8 nitrogen and oxygen atoms in total. The minimum absolute atomic E-state index is 0.00297. The number of carbonyl (C=O) groups is 3. The van der Waals surface area contributed by atoms with Gasteiger partial charge < -0.3 is 25.4 Å². The van der Waals surface area contributed by atoms with Crippen LogP contribution in [0.2, 0.25) is 0 Å². The number of carboxylic acids is 1. The monoisotopic (exact) mass is 301 g/mol.